The molecule has 3 nitrogen and oxygen atoms in total. The van der Waals surface area contributed by atoms with E-state index in [0.29, 0.717) is 0 Å². The molecule has 0 aliphatic carbocycles. The summed E-state index contributed by atoms with van der Waals surface area (Å²) in [5.41, 5.74) is 13.5. The van der Waals surface area contributed by atoms with Gasteiger partial charge in [0.05, 0.1) is 0 Å². The first-order valence-corrected chi connectivity index (χ1v) is 20.1. The highest BCUT2D eigenvalue weighted by Crippen LogP contribution is 2.46. The van der Waals surface area contributed by atoms with Crippen molar-refractivity contribution in [2.45, 2.75) is 0 Å². The van der Waals surface area contributed by atoms with E-state index in [-0.39, 0.29) is 0 Å². The molecular weight excluding hydrogens is 719 g/mol. The maximum absolute atomic E-state index is 6.90. The zero-order chi connectivity index (χ0) is 38.9. The molecule has 10 aromatic carbocycles. The molecule has 0 saturated heterocycles. The summed E-state index contributed by atoms with van der Waals surface area (Å²) in [5.74, 6) is 0. The number of para-hydroxylation sites is 2. The highest BCUT2D eigenvalue weighted by Gasteiger charge is 2.21. The van der Waals surface area contributed by atoms with Crippen molar-refractivity contribution in [1.29, 1.82) is 0 Å². The quantitative estimate of drug-likeness (QED) is 0.169. The van der Waals surface area contributed by atoms with Gasteiger partial charge in [-0.2, -0.15) is 0 Å². The number of hydrogen-bond acceptors (Lipinski definition) is 3. The molecule has 59 heavy (non-hydrogen) atoms. The molecule has 2 heterocycles. The van der Waals surface area contributed by atoms with E-state index in [2.05, 4.69) is 205 Å². The summed E-state index contributed by atoms with van der Waals surface area (Å²) in [5, 5.41) is 9.19. The number of nitrogens with zero attached hydrogens (tertiary/aromatic N) is 1. The fraction of sp³-hybridized carbons (Fsp3) is 0. The van der Waals surface area contributed by atoms with Gasteiger partial charge >= 0.3 is 0 Å². The predicted octanol–water partition coefficient (Wildman–Crippen LogP) is 16.3. The molecule has 12 aromatic rings. The van der Waals surface area contributed by atoms with Crippen LogP contribution in [0.25, 0.3) is 98.8 Å². The Kier molecular flexibility index (Phi) is 7.54. The molecule has 0 radical (unpaired) electrons. The Morgan fingerprint density at radius 2 is 0.847 bits per heavy atom. The standard InChI is InChI=1S/C56H35NO2/c1-2-12-36(13-3-1)37-24-28-41(29-25-37)57(42-30-26-39(27-31-42)46-20-11-22-49-47-19-8-9-23-52(47)58-55(46)49)43-32-33-53-50(35-43)51-34-40-15-5-7-18-45(40)54(56(51)59-53)48-21-10-16-38-14-4-6-17-44(38)48/h1-35H. The summed E-state index contributed by atoms with van der Waals surface area (Å²) < 4.78 is 13.3. The number of hydrogen-bond donors (Lipinski definition) is 0. The topological polar surface area (TPSA) is 29.5 Å². The highest BCUT2D eigenvalue weighted by atomic mass is 16.3. The summed E-state index contributed by atoms with van der Waals surface area (Å²) >= 11 is 0. The SMILES string of the molecule is c1ccc(-c2ccc(N(c3ccc(-c4cccc5c4oc4ccccc45)cc3)c3ccc4oc5c(-c6cccc7ccccc67)c6ccccc6cc5c4c3)cc2)cc1. The van der Waals surface area contributed by atoms with E-state index in [9.17, 15) is 0 Å². The molecule has 0 N–H and O–H groups in total. The van der Waals surface area contributed by atoms with Crippen molar-refractivity contribution in [2.75, 3.05) is 4.90 Å². The van der Waals surface area contributed by atoms with E-state index in [4.69, 9.17) is 8.83 Å². The summed E-state index contributed by atoms with van der Waals surface area (Å²) in [4.78, 5) is 2.34. The fourth-order valence-electron chi connectivity index (χ4n) is 9.06. The third-order valence-electron chi connectivity index (χ3n) is 11.9. The molecule has 2 aromatic heterocycles. The summed E-state index contributed by atoms with van der Waals surface area (Å²) in [6.45, 7) is 0. The molecule has 276 valence electrons. The molecule has 0 aliphatic rings. The Hall–Kier alpha value is -7.88. The normalized spacial score (nSPS) is 11.7. The van der Waals surface area contributed by atoms with Gasteiger partial charge in [0, 0.05) is 49.7 Å². The van der Waals surface area contributed by atoms with E-state index in [1.807, 2.05) is 12.1 Å². The van der Waals surface area contributed by atoms with Gasteiger partial charge in [-0.15, -0.1) is 0 Å². The minimum Gasteiger partial charge on any atom is -0.455 e. The number of anilines is 3. The molecule has 3 heteroatoms. The van der Waals surface area contributed by atoms with E-state index in [1.165, 1.54) is 38.2 Å². The second-order valence-corrected chi connectivity index (χ2v) is 15.2. The van der Waals surface area contributed by atoms with Crippen LogP contribution in [0.4, 0.5) is 17.1 Å². The van der Waals surface area contributed by atoms with Crippen LogP contribution in [0.15, 0.2) is 221 Å². The number of benzene rings is 10. The average molecular weight is 754 g/mol. The van der Waals surface area contributed by atoms with E-state index >= 15 is 0 Å². The van der Waals surface area contributed by atoms with Gasteiger partial charge < -0.3 is 13.7 Å². The Bertz CT molecular complexity index is 3540. The Labute approximate surface area is 340 Å². The van der Waals surface area contributed by atoms with Gasteiger partial charge in [0.2, 0.25) is 0 Å². The minimum atomic E-state index is 0.856. The lowest BCUT2D eigenvalue weighted by Crippen LogP contribution is -2.09. The second-order valence-electron chi connectivity index (χ2n) is 15.2. The first-order valence-electron chi connectivity index (χ1n) is 20.1. The third kappa shape index (κ3) is 5.44. The van der Waals surface area contributed by atoms with Crippen LogP contribution < -0.4 is 4.90 Å². The van der Waals surface area contributed by atoms with Gasteiger partial charge in [0.1, 0.15) is 22.3 Å². The summed E-state index contributed by atoms with van der Waals surface area (Å²) in [7, 11) is 0. The largest absolute Gasteiger partial charge is 0.455 e. The Balaban J connectivity index is 1.04. The van der Waals surface area contributed by atoms with Crippen molar-refractivity contribution in [2.24, 2.45) is 0 Å². The van der Waals surface area contributed by atoms with Crippen LogP contribution in [0.3, 0.4) is 0 Å². The van der Waals surface area contributed by atoms with Gasteiger partial charge in [0.25, 0.3) is 0 Å². The van der Waals surface area contributed by atoms with Crippen LogP contribution in [-0.4, -0.2) is 0 Å². The second kappa shape index (κ2) is 13.4. The van der Waals surface area contributed by atoms with E-state index in [1.54, 1.807) is 0 Å². The van der Waals surface area contributed by atoms with Crippen molar-refractivity contribution < 1.29 is 8.83 Å². The van der Waals surface area contributed by atoms with Gasteiger partial charge in [-0.05, 0) is 98.4 Å². The lowest BCUT2D eigenvalue weighted by atomic mass is 9.92. The number of furan rings is 2. The minimum absolute atomic E-state index is 0.856. The number of rotatable bonds is 6. The molecule has 0 aliphatic heterocycles. The van der Waals surface area contributed by atoms with E-state index in [0.717, 1.165) is 77.6 Å². The maximum Gasteiger partial charge on any atom is 0.143 e. The average Bonchev–Trinajstić information content (AvgIpc) is 3.87. The molecule has 0 bridgehead atoms. The fourth-order valence-corrected chi connectivity index (χ4v) is 9.06. The molecule has 0 unspecified atom stereocenters. The first kappa shape index (κ1) is 33.3. The molecule has 0 spiro atoms. The van der Waals surface area contributed by atoms with Crippen molar-refractivity contribution in [1.82, 2.24) is 0 Å². The predicted molar refractivity (Wildman–Crippen MR) is 247 cm³/mol. The van der Waals surface area contributed by atoms with Gasteiger partial charge in [0.15, 0.2) is 0 Å². The van der Waals surface area contributed by atoms with Crippen LogP contribution in [0.5, 0.6) is 0 Å². The van der Waals surface area contributed by atoms with Crippen molar-refractivity contribution in [3.05, 3.63) is 212 Å². The third-order valence-corrected chi connectivity index (χ3v) is 11.9. The lowest BCUT2D eigenvalue weighted by molar-refractivity contribution is 0.670. The van der Waals surface area contributed by atoms with Gasteiger partial charge in [-0.3, -0.25) is 0 Å². The maximum atomic E-state index is 6.90. The molecular formula is C56H35NO2. The van der Waals surface area contributed by atoms with Crippen LogP contribution in [0.2, 0.25) is 0 Å². The van der Waals surface area contributed by atoms with Crippen LogP contribution >= 0.6 is 0 Å². The summed E-state index contributed by atoms with van der Waals surface area (Å²) in [6, 6.07) is 75.6. The van der Waals surface area contributed by atoms with Crippen LogP contribution in [0.1, 0.15) is 0 Å². The monoisotopic (exact) mass is 753 g/mol. The zero-order valence-corrected chi connectivity index (χ0v) is 32.0. The molecule has 0 saturated carbocycles. The number of fused-ring (bicyclic) bond motifs is 8. The lowest BCUT2D eigenvalue weighted by Gasteiger charge is -2.26. The smallest absolute Gasteiger partial charge is 0.143 e. The molecule has 0 amide bonds. The van der Waals surface area contributed by atoms with Crippen LogP contribution in [-0.2, 0) is 0 Å². The van der Waals surface area contributed by atoms with Crippen LogP contribution in [0, 0.1) is 0 Å². The first-order chi connectivity index (χ1) is 29.2. The Morgan fingerprint density at radius 3 is 1.66 bits per heavy atom. The Morgan fingerprint density at radius 1 is 0.288 bits per heavy atom. The van der Waals surface area contributed by atoms with Crippen molar-refractivity contribution in [3.8, 4) is 33.4 Å². The molecule has 0 fully saturated rings. The molecule has 0 atom stereocenters. The van der Waals surface area contributed by atoms with Gasteiger partial charge in [-0.25, -0.2) is 0 Å². The highest BCUT2D eigenvalue weighted by molar-refractivity contribution is 6.21. The van der Waals surface area contributed by atoms with Crippen molar-refractivity contribution in [3.63, 3.8) is 0 Å². The van der Waals surface area contributed by atoms with Gasteiger partial charge in [-0.1, -0.05) is 158 Å². The van der Waals surface area contributed by atoms with E-state index < -0.39 is 0 Å². The summed E-state index contributed by atoms with van der Waals surface area (Å²) in [6.07, 6.45) is 0. The molecule has 12 rings (SSSR count). The zero-order valence-electron chi connectivity index (χ0n) is 32.0. The van der Waals surface area contributed by atoms with Crippen molar-refractivity contribution >= 4 is 82.5 Å².